The molecule has 2 aromatic rings. The predicted octanol–water partition coefficient (Wildman–Crippen LogP) is 2.69. The highest BCUT2D eigenvalue weighted by molar-refractivity contribution is 5.93. The molecule has 0 atom stereocenters. The van der Waals surface area contributed by atoms with Crippen molar-refractivity contribution in [2.45, 2.75) is 13.8 Å². The molecule has 3 N–H and O–H groups in total. The van der Waals surface area contributed by atoms with Crippen LogP contribution in [0.25, 0.3) is 0 Å². The maximum atomic E-state index is 10.5. The zero-order valence-electron chi connectivity index (χ0n) is 18.0. The average molecular weight is 420 g/mol. The van der Waals surface area contributed by atoms with Crippen LogP contribution < -0.4 is 5.32 Å². The SMILES string of the molecule is Cc1cc2c(O)c(c1)C=NCCNCCN=Cc1cc(C)cc(c1O)C=NCCN=C2. The van der Waals surface area contributed by atoms with E-state index < -0.39 is 0 Å². The van der Waals surface area contributed by atoms with Crippen LogP contribution in [0.3, 0.4) is 0 Å². The fourth-order valence-electron chi connectivity index (χ4n) is 3.24. The van der Waals surface area contributed by atoms with Crippen LogP contribution in [0.5, 0.6) is 11.5 Å². The molecule has 3 rings (SSSR count). The van der Waals surface area contributed by atoms with Crippen molar-refractivity contribution in [1.82, 2.24) is 5.32 Å². The van der Waals surface area contributed by atoms with Crippen molar-refractivity contribution in [3.63, 3.8) is 0 Å². The lowest BCUT2D eigenvalue weighted by molar-refractivity contribution is 0.473. The second-order valence-electron chi connectivity index (χ2n) is 7.48. The van der Waals surface area contributed by atoms with E-state index in [4.69, 9.17) is 0 Å². The number of aliphatic imine (C=N–C) groups is 4. The highest BCUT2D eigenvalue weighted by Crippen LogP contribution is 2.23. The van der Waals surface area contributed by atoms with E-state index in [1.807, 2.05) is 38.1 Å². The highest BCUT2D eigenvalue weighted by atomic mass is 16.3. The summed E-state index contributed by atoms with van der Waals surface area (Å²) >= 11 is 0. The molecule has 0 aliphatic carbocycles. The molecular formula is C24H29N5O2. The number of benzene rings is 2. The van der Waals surface area contributed by atoms with Gasteiger partial charge in [-0.3, -0.25) is 20.0 Å². The summed E-state index contributed by atoms with van der Waals surface area (Å²) in [5.41, 5.74) is 4.73. The van der Waals surface area contributed by atoms with Crippen molar-refractivity contribution in [1.29, 1.82) is 0 Å². The first-order valence-corrected chi connectivity index (χ1v) is 10.4. The van der Waals surface area contributed by atoms with Crippen molar-refractivity contribution in [3.05, 3.63) is 57.6 Å². The van der Waals surface area contributed by atoms with Gasteiger partial charge in [-0.05, 0) is 49.2 Å². The van der Waals surface area contributed by atoms with Crippen LogP contribution in [0, 0.1) is 13.8 Å². The Morgan fingerprint density at radius 1 is 0.581 bits per heavy atom. The zero-order chi connectivity index (χ0) is 22.1. The van der Waals surface area contributed by atoms with Crippen LogP contribution in [-0.2, 0) is 0 Å². The third-order valence-electron chi connectivity index (χ3n) is 4.74. The van der Waals surface area contributed by atoms with E-state index in [9.17, 15) is 10.2 Å². The molecule has 0 unspecified atom stereocenters. The smallest absolute Gasteiger partial charge is 0.133 e. The lowest BCUT2D eigenvalue weighted by atomic mass is 10.1. The predicted molar refractivity (Wildman–Crippen MR) is 128 cm³/mol. The number of fused-ring (bicyclic) bond motifs is 4. The third-order valence-corrected chi connectivity index (χ3v) is 4.74. The quantitative estimate of drug-likeness (QED) is 0.612. The Kier molecular flexibility index (Phi) is 8.06. The summed E-state index contributed by atoms with van der Waals surface area (Å²) in [6.45, 7) is 7.51. The Bertz CT molecular complexity index is 944. The highest BCUT2D eigenvalue weighted by Gasteiger charge is 2.07. The van der Waals surface area contributed by atoms with Gasteiger partial charge in [0.25, 0.3) is 0 Å². The van der Waals surface area contributed by atoms with E-state index in [1.165, 1.54) is 0 Å². The second kappa shape index (κ2) is 11.2. The minimum Gasteiger partial charge on any atom is -0.507 e. The molecule has 31 heavy (non-hydrogen) atoms. The molecular weight excluding hydrogens is 390 g/mol. The summed E-state index contributed by atoms with van der Waals surface area (Å²) in [5.74, 6) is 0.346. The number of nitrogens with one attached hydrogen (secondary N) is 1. The molecule has 0 aromatic heterocycles. The van der Waals surface area contributed by atoms with Crippen LogP contribution in [0.15, 0.2) is 44.2 Å². The van der Waals surface area contributed by atoms with Crippen LogP contribution in [0.4, 0.5) is 0 Å². The minimum atomic E-state index is 0.173. The number of hydrogen-bond acceptors (Lipinski definition) is 7. The van der Waals surface area contributed by atoms with E-state index >= 15 is 0 Å². The van der Waals surface area contributed by atoms with Crippen LogP contribution in [0.1, 0.15) is 33.4 Å². The van der Waals surface area contributed by atoms with Crippen molar-refractivity contribution in [2.75, 3.05) is 39.3 Å². The fourth-order valence-corrected chi connectivity index (χ4v) is 3.24. The standard InChI is InChI=1S/C24H29N5O2/c1-17-9-19-13-26-5-3-25-4-6-27-14-20-10-18(2)12-22(24(20)31)16-29-8-7-28-15-21(11-17)23(19)30/h9-16,25,30-31H,3-8H2,1-2H3. The molecule has 1 heterocycles. The molecule has 0 spiro atoms. The van der Waals surface area contributed by atoms with Crippen molar-refractivity contribution in [3.8, 4) is 11.5 Å². The molecule has 0 fully saturated rings. The van der Waals surface area contributed by atoms with E-state index in [2.05, 4.69) is 25.3 Å². The summed E-state index contributed by atoms with van der Waals surface area (Å²) in [4.78, 5) is 17.6. The topological polar surface area (TPSA) is 102 Å². The number of aromatic hydroxyl groups is 2. The summed E-state index contributed by atoms with van der Waals surface area (Å²) in [6.07, 6.45) is 6.73. The molecule has 7 nitrogen and oxygen atoms in total. The largest absolute Gasteiger partial charge is 0.507 e. The second-order valence-corrected chi connectivity index (χ2v) is 7.48. The van der Waals surface area contributed by atoms with Gasteiger partial charge in [-0.15, -0.1) is 0 Å². The molecule has 7 heteroatoms. The Balaban J connectivity index is 1.83. The van der Waals surface area contributed by atoms with E-state index in [1.54, 1.807) is 24.9 Å². The Morgan fingerprint density at radius 2 is 0.903 bits per heavy atom. The van der Waals surface area contributed by atoms with Crippen LogP contribution in [0.2, 0.25) is 0 Å². The Labute approximate surface area is 183 Å². The zero-order valence-corrected chi connectivity index (χ0v) is 18.0. The first-order valence-electron chi connectivity index (χ1n) is 10.4. The van der Waals surface area contributed by atoms with Gasteiger partial charge in [0.15, 0.2) is 0 Å². The summed E-state index contributed by atoms with van der Waals surface area (Å²) in [6, 6.07) is 7.59. The monoisotopic (exact) mass is 419 g/mol. The van der Waals surface area contributed by atoms with Gasteiger partial charge in [0, 0.05) is 60.2 Å². The van der Waals surface area contributed by atoms with Crippen LogP contribution in [-0.4, -0.2) is 74.3 Å². The number of phenolic OH excluding ortho intramolecular Hbond substituents is 2. The van der Waals surface area contributed by atoms with Gasteiger partial charge in [-0.1, -0.05) is 0 Å². The Morgan fingerprint density at radius 3 is 1.26 bits per heavy atom. The maximum Gasteiger partial charge on any atom is 0.133 e. The van der Waals surface area contributed by atoms with E-state index in [0.717, 1.165) is 11.1 Å². The normalized spacial score (nSPS) is 15.5. The molecule has 0 saturated heterocycles. The van der Waals surface area contributed by atoms with E-state index in [0.29, 0.717) is 61.5 Å². The van der Waals surface area contributed by atoms with Crippen molar-refractivity contribution in [2.24, 2.45) is 20.0 Å². The van der Waals surface area contributed by atoms with Crippen molar-refractivity contribution < 1.29 is 10.2 Å². The molecule has 0 saturated carbocycles. The van der Waals surface area contributed by atoms with Crippen molar-refractivity contribution >= 4 is 24.9 Å². The number of aryl methyl sites for hydroxylation is 2. The first-order chi connectivity index (χ1) is 15.0. The summed E-state index contributed by atoms with van der Waals surface area (Å²) < 4.78 is 0. The molecule has 1 aliphatic rings. The lowest BCUT2D eigenvalue weighted by Gasteiger charge is -2.05. The average Bonchev–Trinajstić information content (AvgIpc) is 2.74. The van der Waals surface area contributed by atoms with Gasteiger partial charge >= 0.3 is 0 Å². The lowest BCUT2D eigenvalue weighted by Crippen LogP contribution is -2.20. The summed E-state index contributed by atoms with van der Waals surface area (Å²) in [7, 11) is 0. The number of hydrogen-bond donors (Lipinski definition) is 3. The minimum absolute atomic E-state index is 0.173. The van der Waals surface area contributed by atoms with Gasteiger partial charge in [0.2, 0.25) is 0 Å². The number of nitrogens with zero attached hydrogens (tertiary/aromatic N) is 4. The number of rotatable bonds is 0. The molecule has 2 aromatic carbocycles. The molecule has 162 valence electrons. The summed E-state index contributed by atoms with van der Waals surface area (Å²) in [5, 5.41) is 24.3. The molecule has 4 bridgehead atoms. The van der Waals surface area contributed by atoms with Gasteiger partial charge in [-0.25, -0.2) is 0 Å². The van der Waals surface area contributed by atoms with E-state index in [-0.39, 0.29) is 11.5 Å². The van der Waals surface area contributed by atoms with Gasteiger partial charge in [-0.2, -0.15) is 0 Å². The van der Waals surface area contributed by atoms with Gasteiger partial charge in [0.05, 0.1) is 26.2 Å². The molecule has 1 aliphatic heterocycles. The maximum absolute atomic E-state index is 10.5. The van der Waals surface area contributed by atoms with Crippen LogP contribution >= 0.6 is 0 Å². The number of phenols is 2. The molecule has 0 radical (unpaired) electrons. The first kappa shape index (κ1) is 22.4. The van der Waals surface area contributed by atoms with Gasteiger partial charge < -0.3 is 15.5 Å². The third kappa shape index (κ3) is 6.58. The Hall–Kier alpha value is -3.32. The molecule has 0 amide bonds. The fraction of sp³-hybridized carbons (Fsp3) is 0.333. The van der Waals surface area contributed by atoms with Gasteiger partial charge in [0.1, 0.15) is 11.5 Å².